The van der Waals surface area contributed by atoms with Gasteiger partial charge in [0.25, 0.3) is 0 Å². The van der Waals surface area contributed by atoms with E-state index in [4.69, 9.17) is 9.47 Å². The highest BCUT2D eigenvalue weighted by Crippen LogP contribution is 2.11. The molecule has 0 aromatic carbocycles. The summed E-state index contributed by atoms with van der Waals surface area (Å²) in [5.41, 5.74) is 0. The van der Waals surface area contributed by atoms with Gasteiger partial charge in [-0.05, 0) is 25.8 Å². The largest absolute Gasteiger partial charge is 0.379 e. The van der Waals surface area contributed by atoms with E-state index in [1.165, 1.54) is 6.42 Å². The Morgan fingerprint density at radius 3 is 2.93 bits per heavy atom. The molecule has 0 spiro atoms. The van der Waals surface area contributed by atoms with Crippen molar-refractivity contribution in [3.63, 3.8) is 0 Å². The lowest BCUT2D eigenvalue weighted by Crippen LogP contribution is -2.32. The van der Waals surface area contributed by atoms with Crippen LogP contribution in [0, 0.1) is 0 Å². The maximum atomic E-state index is 5.92. The van der Waals surface area contributed by atoms with Crippen LogP contribution in [0.15, 0.2) is 0 Å². The van der Waals surface area contributed by atoms with E-state index >= 15 is 0 Å². The molecule has 2 unspecified atom stereocenters. The molecule has 1 rings (SSSR count). The van der Waals surface area contributed by atoms with Crippen molar-refractivity contribution < 1.29 is 9.47 Å². The van der Waals surface area contributed by atoms with Crippen molar-refractivity contribution in [2.24, 2.45) is 0 Å². The van der Waals surface area contributed by atoms with E-state index in [0.29, 0.717) is 12.2 Å². The van der Waals surface area contributed by atoms with Crippen molar-refractivity contribution in [1.82, 2.24) is 5.32 Å². The summed E-state index contributed by atoms with van der Waals surface area (Å²) in [5.74, 6) is 0. The van der Waals surface area contributed by atoms with Gasteiger partial charge in [-0.15, -0.1) is 0 Å². The third-order valence-electron chi connectivity index (χ3n) is 2.53. The van der Waals surface area contributed by atoms with Crippen LogP contribution < -0.4 is 5.32 Å². The molecule has 1 aliphatic rings. The van der Waals surface area contributed by atoms with E-state index in [1.807, 2.05) is 0 Å². The fourth-order valence-corrected chi connectivity index (χ4v) is 1.62. The topological polar surface area (TPSA) is 30.5 Å². The second-order valence-electron chi connectivity index (χ2n) is 3.86. The van der Waals surface area contributed by atoms with Crippen molar-refractivity contribution in [3.8, 4) is 0 Å². The van der Waals surface area contributed by atoms with E-state index in [9.17, 15) is 0 Å². The highest BCUT2D eigenvalue weighted by Gasteiger charge is 2.19. The van der Waals surface area contributed by atoms with Crippen LogP contribution in [0.3, 0.4) is 0 Å². The first-order chi connectivity index (χ1) is 6.86. The minimum Gasteiger partial charge on any atom is -0.379 e. The lowest BCUT2D eigenvalue weighted by atomic mass is 10.2. The zero-order valence-corrected chi connectivity index (χ0v) is 9.42. The highest BCUT2D eigenvalue weighted by atomic mass is 16.5. The van der Waals surface area contributed by atoms with Crippen molar-refractivity contribution in [2.45, 2.75) is 45.3 Å². The number of hydrogen-bond acceptors (Lipinski definition) is 3. The summed E-state index contributed by atoms with van der Waals surface area (Å²) < 4.78 is 11.2. The van der Waals surface area contributed by atoms with Crippen LogP contribution in [0.1, 0.15) is 33.1 Å². The third kappa shape index (κ3) is 4.40. The SMILES string of the molecule is CCCNCC(CC)OC1CCOC1. The van der Waals surface area contributed by atoms with Crippen LogP contribution in [0.2, 0.25) is 0 Å². The molecule has 1 saturated heterocycles. The Morgan fingerprint density at radius 1 is 1.50 bits per heavy atom. The van der Waals surface area contributed by atoms with Crippen LogP contribution in [-0.2, 0) is 9.47 Å². The van der Waals surface area contributed by atoms with Crippen molar-refractivity contribution in [3.05, 3.63) is 0 Å². The first kappa shape index (κ1) is 12.0. The van der Waals surface area contributed by atoms with Crippen molar-refractivity contribution in [1.29, 1.82) is 0 Å². The zero-order chi connectivity index (χ0) is 10.2. The molecule has 1 fully saturated rings. The first-order valence-corrected chi connectivity index (χ1v) is 5.80. The summed E-state index contributed by atoms with van der Waals surface area (Å²) in [4.78, 5) is 0. The van der Waals surface area contributed by atoms with E-state index in [-0.39, 0.29) is 0 Å². The third-order valence-corrected chi connectivity index (χ3v) is 2.53. The van der Waals surface area contributed by atoms with E-state index in [1.54, 1.807) is 0 Å². The van der Waals surface area contributed by atoms with Crippen LogP contribution in [0.5, 0.6) is 0 Å². The van der Waals surface area contributed by atoms with Gasteiger partial charge in [0.15, 0.2) is 0 Å². The minimum atomic E-state index is 0.336. The molecule has 0 aliphatic carbocycles. The molecule has 84 valence electrons. The maximum absolute atomic E-state index is 5.92. The Bertz CT molecular complexity index is 135. The standard InChI is InChI=1S/C11H23NO2/c1-3-6-12-8-10(4-2)14-11-5-7-13-9-11/h10-12H,3-9H2,1-2H3. The molecule has 0 amide bonds. The average molecular weight is 201 g/mol. The quantitative estimate of drug-likeness (QED) is 0.634. The van der Waals surface area contributed by atoms with Crippen molar-refractivity contribution in [2.75, 3.05) is 26.3 Å². The molecule has 2 atom stereocenters. The highest BCUT2D eigenvalue weighted by molar-refractivity contribution is 4.68. The predicted octanol–water partition coefficient (Wildman–Crippen LogP) is 1.57. The fourth-order valence-electron chi connectivity index (χ4n) is 1.62. The average Bonchev–Trinajstić information content (AvgIpc) is 2.69. The van der Waals surface area contributed by atoms with Crippen LogP contribution in [0.25, 0.3) is 0 Å². The molecule has 3 nitrogen and oxygen atoms in total. The number of ether oxygens (including phenoxy) is 2. The zero-order valence-electron chi connectivity index (χ0n) is 9.42. The van der Waals surface area contributed by atoms with E-state index in [2.05, 4.69) is 19.2 Å². The monoisotopic (exact) mass is 201 g/mol. The molecule has 0 saturated carbocycles. The van der Waals surface area contributed by atoms with Gasteiger partial charge in [-0.3, -0.25) is 0 Å². The van der Waals surface area contributed by atoms with Gasteiger partial charge < -0.3 is 14.8 Å². The van der Waals surface area contributed by atoms with Gasteiger partial charge in [0.1, 0.15) is 0 Å². The van der Waals surface area contributed by atoms with Crippen LogP contribution in [-0.4, -0.2) is 38.5 Å². The van der Waals surface area contributed by atoms with E-state index in [0.717, 1.165) is 39.1 Å². The Kier molecular flexibility index (Phi) is 6.15. The normalized spacial score (nSPS) is 24.0. The first-order valence-electron chi connectivity index (χ1n) is 5.80. The molecule has 1 N–H and O–H groups in total. The summed E-state index contributed by atoms with van der Waals surface area (Å²) in [6.45, 7) is 8.06. The number of nitrogens with one attached hydrogen (secondary N) is 1. The Morgan fingerprint density at radius 2 is 2.36 bits per heavy atom. The molecule has 0 radical (unpaired) electrons. The molecule has 0 aromatic rings. The number of hydrogen-bond donors (Lipinski definition) is 1. The summed E-state index contributed by atoms with van der Waals surface area (Å²) in [7, 11) is 0. The van der Waals surface area contributed by atoms with Gasteiger partial charge in [-0.25, -0.2) is 0 Å². The molecular formula is C11H23NO2. The summed E-state index contributed by atoms with van der Waals surface area (Å²) in [6.07, 6.45) is 4.01. The second kappa shape index (κ2) is 7.21. The van der Waals surface area contributed by atoms with Gasteiger partial charge in [-0.2, -0.15) is 0 Å². The van der Waals surface area contributed by atoms with Gasteiger partial charge in [-0.1, -0.05) is 13.8 Å². The lowest BCUT2D eigenvalue weighted by molar-refractivity contribution is -0.0162. The van der Waals surface area contributed by atoms with E-state index < -0.39 is 0 Å². The predicted molar refractivity (Wildman–Crippen MR) is 57.5 cm³/mol. The Labute approximate surface area is 87.2 Å². The molecule has 1 aliphatic heterocycles. The maximum Gasteiger partial charge on any atom is 0.0834 e. The molecule has 0 aromatic heterocycles. The molecule has 0 bridgehead atoms. The minimum absolute atomic E-state index is 0.336. The Hall–Kier alpha value is -0.120. The van der Waals surface area contributed by atoms with Gasteiger partial charge in [0.05, 0.1) is 18.8 Å². The second-order valence-corrected chi connectivity index (χ2v) is 3.86. The van der Waals surface area contributed by atoms with Crippen LogP contribution >= 0.6 is 0 Å². The number of rotatable bonds is 7. The molecule has 1 heterocycles. The summed E-state index contributed by atoms with van der Waals surface area (Å²) in [6, 6.07) is 0. The smallest absolute Gasteiger partial charge is 0.0834 e. The van der Waals surface area contributed by atoms with Gasteiger partial charge in [0.2, 0.25) is 0 Å². The van der Waals surface area contributed by atoms with Crippen molar-refractivity contribution >= 4 is 0 Å². The lowest BCUT2D eigenvalue weighted by Gasteiger charge is -2.20. The molecule has 3 heteroatoms. The summed E-state index contributed by atoms with van der Waals surface area (Å²) >= 11 is 0. The van der Waals surface area contributed by atoms with Gasteiger partial charge in [0, 0.05) is 13.2 Å². The summed E-state index contributed by atoms with van der Waals surface area (Å²) in [5, 5.41) is 3.39. The Balaban J connectivity index is 2.10. The van der Waals surface area contributed by atoms with Gasteiger partial charge >= 0.3 is 0 Å². The molecular weight excluding hydrogens is 178 g/mol. The van der Waals surface area contributed by atoms with Crippen LogP contribution in [0.4, 0.5) is 0 Å². The molecule has 14 heavy (non-hydrogen) atoms. The fraction of sp³-hybridized carbons (Fsp3) is 1.00.